The molecule has 0 aliphatic rings. The monoisotopic (exact) mass is 225 g/mol. The number of hydrogen-bond acceptors (Lipinski definition) is 4. The molecule has 2 rings (SSSR count). The summed E-state index contributed by atoms with van der Waals surface area (Å²) in [6.07, 6.45) is 2.04. The molecule has 1 aromatic heterocycles. The van der Waals surface area contributed by atoms with Gasteiger partial charge in [-0.05, 0) is 18.4 Å². The third kappa shape index (κ3) is 1.35. The van der Waals surface area contributed by atoms with E-state index in [1.807, 2.05) is 18.4 Å². The summed E-state index contributed by atoms with van der Waals surface area (Å²) >= 11 is 3.32. The molecule has 1 heterocycles. The predicted octanol–water partition coefficient (Wildman–Crippen LogP) is 3.21. The van der Waals surface area contributed by atoms with Gasteiger partial charge in [-0.3, -0.25) is 0 Å². The number of ether oxygens (including phenoxy) is 1. The van der Waals surface area contributed by atoms with Crippen LogP contribution in [0.25, 0.3) is 10.1 Å². The molecule has 2 N–H and O–H groups in total. The second-order valence-corrected chi connectivity index (χ2v) is 4.68. The highest BCUT2D eigenvalue weighted by Crippen LogP contribution is 2.44. The molecule has 0 spiro atoms. The maximum atomic E-state index is 5.94. The Bertz CT molecular complexity index is 464. The van der Waals surface area contributed by atoms with Crippen molar-refractivity contribution in [3.63, 3.8) is 0 Å². The third-order valence-electron chi connectivity index (χ3n) is 2.06. The molecule has 0 unspecified atom stereocenters. The summed E-state index contributed by atoms with van der Waals surface area (Å²) in [6, 6.07) is 5.96. The van der Waals surface area contributed by atoms with Crippen LogP contribution in [0.15, 0.2) is 23.1 Å². The normalized spacial score (nSPS) is 10.7. The van der Waals surface area contributed by atoms with Crippen molar-refractivity contribution in [2.24, 2.45) is 0 Å². The van der Waals surface area contributed by atoms with E-state index in [4.69, 9.17) is 10.5 Å². The highest BCUT2D eigenvalue weighted by molar-refractivity contribution is 7.99. The molecule has 0 bridgehead atoms. The van der Waals surface area contributed by atoms with Gasteiger partial charge in [0.15, 0.2) is 5.06 Å². The molecule has 0 atom stereocenters. The van der Waals surface area contributed by atoms with Crippen molar-refractivity contribution in [1.29, 1.82) is 0 Å². The number of anilines is 1. The second-order valence-electron chi connectivity index (χ2n) is 2.85. The van der Waals surface area contributed by atoms with Crippen molar-refractivity contribution in [2.75, 3.05) is 19.1 Å². The van der Waals surface area contributed by atoms with Crippen LogP contribution in [0.2, 0.25) is 0 Å². The number of thioether (sulfide) groups is 1. The number of fused-ring (bicyclic) bond motifs is 1. The SMILES string of the molecule is COc1sc2cccc(N)c2c1SC. The summed E-state index contributed by atoms with van der Waals surface area (Å²) in [5.74, 6) is 0. The van der Waals surface area contributed by atoms with Gasteiger partial charge in [-0.2, -0.15) is 0 Å². The Kier molecular flexibility index (Phi) is 2.56. The lowest BCUT2D eigenvalue weighted by atomic mass is 10.2. The molecule has 0 aliphatic heterocycles. The molecule has 14 heavy (non-hydrogen) atoms. The molecule has 0 saturated heterocycles. The molecule has 74 valence electrons. The minimum absolute atomic E-state index is 0.825. The standard InChI is InChI=1S/C10H11NOS2/c1-12-10-9(13-2)8-6(11)4-3-5-7(8)14-10/h3-5H,11H2,1-2H3. The molecule has 0 fully saturated rings. The number of thiophene rings is 1. The number of rotatable bonds is 2. The summed E-state index contributed by atoms with van der Waals surface area (Å²) in [4.78, 5) is 1.14. The highest BCUT2D eigenvalue weighted by Gasteiger charge is 2.13. The van der Waals surface area contributed by atoms with Gasteiger partial charge in [0, 0.05) is 15.8 Å². The van der Waals surface area contributed by atoms with E-state index in [0.717, 1.165) is 21.0 Å². The highest BCUT2D eigenvalue weighted by atomic mass is 32.2. The van der Waals surface area contributed by atoms with Crippen molar-refractivity contribution in [3.05, 3.63) is 18.2 Å². The Morgan fingerprint density at radius 1 is 1.43 bits per heavy atom. The van der Waals surface area contributed by atoms with E-state index in [-0.39, 0.29) is 0 Å². The van der Waals surface area contributed by atoms with Crippen molar-refractivity contribution in [3.8, 4) is 5.06 Å². The summed E-state index contributed by atoms with van der Waals surface area (Å²) in [6.45, 7) is 0. The summed E-state index contributed by atoms with van der Waals surface area (Å²) in [5.41, 5.74) is 6.76. The molecule has 1 aromatic carbocycles. The summed E-state index contributed by atoms with van der Waals surface area (Å²) in [5, 5.41) is 2.08. The fraction of sp³-hybridized carbons (Fsp3) is 0.200. The fourth-order valence-corrected chi connectivity index (χ4v) is 3.51. The van der Waals surface area contributed by atoms with E-state index in [9.17, 15) is 0 Å². The van der Waals surface area contributed by atoms with Crippen molar-refractivity contribution in [1.82, 2.24) is 0 Å². The number of benzene rings is 1. The van der Waals surface area contributed by atoms with Crippen LogP contribution < -0.4 is 10.5 Å². The second kappa shape index (κ2) is 3.71. The lowest BCUT2D eigenvalue weighted by Gasteiger charge is -2.00. The van der Waals surface area contributed by atoms with Gasteiger partial charge < -0.3 is 10.5 Å². The van der Waals surface area contributed by atoms with Crippen LogP contribution in [0.4, 0.5) is 5.69 Å². The van der Waals surface area contributed by atoms with E-state index < -0.39 is 0 Å². The van der Waals surface area contributed by atoms with Gasteiger partial charge in [0.25, 0.3) is 0 Å². The lowest BCUT2D eigenvalue weighted by Crippen LogP contribution is -1.85. The zero-order valence-corrected chi connectivity index (χ0v) is 9.67. The number of nitrogen functional groups attached to an aromatic ring is 1. The van der Waals surface area contributed by atoms with Gasteiger partial charge in [-0.1, -0.05) is 17.4 Å². The van der Waals surface area contributed by atoms with Crippen LogP contribution in [0.3, 0.4) is 0 Å². The smallest absolute Gasteiger partial charge is 0.188 e. The zero-order chi connectivity index (χ0) is 10.1. The predicted molar refractivity (Wildman–Crippen MR) is 64.6 cm³/mol. The summed E-state index contributed by atoms with van der Waals surface area (Å²) in [7, 11) is 1.70. The van der Waals surface area contributed by atoms with Crippen LogP contribution >= 0.6 is 23.1 Å². The van der Waals surface area contributed by atoms with Gasteiger partial charge in [0.05, 0.1) is 12.0 Å². The molecule has 0 amide bonds. The van der Waals surface area contributed by atoms with Crippen LogP contribution in [0.5, 0.6) is 5.06 Å². The van der Waals surface area contributed by atoms with Crippen molar-refractivity contribution >= 4 is 38.9 Å². The van der Waals surface area contributed by atoms with Gasteiger partial charge in [-0.25, -0.2) is 0 Å². The first-order valence-electron chi connectivity index (χ1n) is 4.17. The lowest BCUT2D eigenvalue weighted by molar-refractivity contribution is 0.419. The molecular formula is C10H11NOS2. The van der Waals surface area contributed by atoms with Crippen LogP contribution in [0, 0.1) is 0 Å². The average molecular weight is 225 g/mol. The van der Waals surface area contributed by atoms with Crippen LogP contribution in [-0.2, 0) is 0 Å². The first-order valence-corrected chi connectivity index (χ1v) is 6.21. The minimum Gasteiger partial charge on any atom is -0.486 e. The van der Waals surface area contributed by atoms with E-state index in [2.05, 4.69) is 6.07 Å². The van der Waals surface area contributed by atoms with Crippen LogP contribution in [-0.4, -0.2) is 13.4 Å². The maximum absolute atomic E-state index is 5.94. The molecule has 0 aliphatic carbocycles. The maximum Gasteiger partial charge on any atom is 0.188 e. The summed E-state index contributed by atoms with van der Waals surface area (Å²) < 4.78 is 6.50. The van der Waals surface area contributed by atoms with Gasteiger partial charge in [0.1, 0.15) is 0 Å². The number of methoxy groups -OCH3 is 1. The molecule has 0 radical (unpaired) electrons. The van der Waals surface area contributed by atoms with Crippen molar-refractivity contribution < 1.29 is 4.74 Å². The first-order chi connectivity index (χ1) is 6.77. The Morgan fingerprint density at radius 3 is 2.86 bits per heavy atom. The zero-order valence-electron chi connectivity index (χ0n) is 8.03. The molecule has 0 saturated carbocycles. The number of nitrogens with two attached hydrogens (primary N) is 1. The van der Waals surface area contributed by atoms with Gasteiger partial charge >= 0.3 is 0 Å². The topological polar surface area (TPSA) is 35.2 Å². The minimum atomic E-state index is 0.825. The van der Waals surface area contributed by atoms with E-state index in [1.54, 1.807) is 30.2 Å². The quantitative estimate of drug-likeness (QED) is 0.629. The van der Waals surface area contributed by atoms with Crippen molar-refractivity contribution in [2.45, 2.75) is 4.90 Å². The molecule has 4 heteroatoms. The third-order valence-corrected chi connectivity index (χ3v) is 4.11. The largest absolute Gasteiger partial charge is 0.486 e. The van der Waals surface area contributed by atoms with E-state index in [1.165, 1.54) is 4.70 Å². The van der Waals surface area contributed by atoms with E-state index >= 15 is 0 Å². The number of hydrogen-bond donors (Lipinski definition) is 1. The van der Waals surface area contributed by atoms with Gasteiger partial charge in [-0.15, -0.1) is 11.8 Å². The fourth-order valence-electron chi connectivity index (χ4n) is 1.44. The Labute approximate surface area is 91.1 Å². The first kappa shape index (κ1) is 9.68. The Hall–Kier alpha value is -0.870. The molecular weight excluding hydrogens is 214 g/mol. The molecule has 2 nitrogen and oxygen atoms in total. The van der Waals surface area contributed by atoms with Crippen LogP contribution in [0.1, 0.15) is 0 Å². The Morgan fingerprint density at radius 2 is 2.21 bits per heavy atom. The molecule has 2 aromatic rings. The Balaban J connectivity index is 2.81. The van der Waals surface area contributed by atoms with Gasteiger partial charge in [0.2, 0.25) is 0 Å². The van der Waals surface area contributed by atoms with E-state index in [0.29, 0.717) is 0 Å². The average Bonchev–Trinajstić information content (AvgIpc) is 2.56.